The molecule has 1 saturated carbocycles. The van der Waals surface area contributed by atoms with Gasteiger partial charge in [-0.2, -0.15) is 0 Å². The van der Waals surface area contributed by atoms with Gasteiger partial charge in [-0.05, 0) is 74.0 Å². The third-order valence-electron chi connectivity index (χ3n) is 6.79. The minimum atomic E-state index is -1.70. The van der Waals surface area contributed by atoms with E-state index in [-0.39, 0.29) is 22.7 Å². The molecule has 0 aromatic carbocycles. The van der Waals surface area contributed by atoms with Crippen molar-refractivity contribution in [1.82, 2.24) is 0 Å². The van der Waals surface area contributed by atoms with Gasteiger partial charge in [-0.1, -0.05) is 20.8 Å². The van der Waals surface area contributed by atoms with Crippen LogP contribution in [0.5, 0.6) is 0 Å². The summed E-state index contributed by atoms with van der Waals surface area (Å²) >= 11 is 0. The Hall–Kier alpha value is -0.970. The van der Waals surface area contributed by atoms with Crippen molar-refractivity contribution in [2.24, 2.45) is 23.2 Å². The Morgan fingerprint density at radius 1 is 1.12 bits per heavy atom. The van der Waals surface area contributed by atoms with Gasteiger partial charge >= 0.3 is 0 Å². The molecule has 0 aromatic heterocycles. The Kier molecular flexibility index (Phi) is 3.91. The van der Waals surface area contributed by atoms with E-state index >= 15 is 0 Å². The minimum Gasteiger partial charge on any atom is -0.389 e. The first-order valence-electron chi connectivity index (χ1n) is 9.00. The summed E-state index contributed by atoms with van der Waals surface area (Å²) in [7, 11) is 0. The first kappa shape index (κ1) is 17.8. The highest BCUT2D eigenvalue weighted by Crippen LogP contribution is 2.63. The van der Waals surface area contributed by atoms with Crippen LogP contribution in [0.15, 0.2) is 23.3 Å². The van der Waals surface area contributed by atoms with Crippen LogP contribution < -0.4 is 0 Å². The predicted molar refractivity (Wildman–Crippen MR) is 92.2 cm³/mol. The lowest BCUT2D eigenvalue weighted by Crippen LogP contribution is -2.46. The number of hydrogen-bond acceptors (Lipinski definition) is 4. The molecule has 0 unspecified atom stereocenters. The molecule has 6 atom stereocenters. The summed E-state index contributed by atoms with van der Waals surface area (Å²) < 4.78 is 0. The summed E-state index contributed by atoms with van der Waals surface area (Å²) in [4.78, 5) is 12.5. The molecule has 0 radical (unpaired) electrons. The summed E-state index contributed by atoms with van der Waals surface area (Å²) in [6.45, 7) is 9.74. The van der Waals surface area contributed by atoms with E-state index in [1.165, 1.54) is 12.2 Å². The van der Waals surface area contributed by atoms with Gasteiger partial charge in [0.2, 0.25) is 0 Å². The zero-order valence-electron chi connectivity index (χ0n) is 15.3. The van der Waals surface area contributed by atoms with Crippen molar-refractivity contribution in [2.45, 2.75) is 71.2 Å². The summed E-state index contributed by atoms with van der Waals surface area (Å²) in [5.74, 6) is 0.572. The molecule has 3 rings (SSSR count). The molecule has 0 aromatic rings. The molecule has 24 heavy (non-hydrogen) atoms. The first-order valence-corrected chi connectivity index (χ1v) is 9.00. The van der Waals surface area contributed by atoms with Crippen molar-refractivity contribution >= 4 is 5.78 Å². The number of rotatable bonds is 0. The molecule has 134 valence electrons. The fourth-order valence-electron chi connectivity index (χ4n) is 4.99. The molecule has 0 aliphatic heterocycles. The Morgan fingerprint density at radius 2 is 1.75 bits per heavy atom. The number of Topliss-reactive ketones (excluding diaryl/α,β-unsaturated/α-hetero) is 1. The van der Waals surface area contributed by atoms with E-state index in [2.05, 4.69) is 13.8 Å². The lowest BCUT2D eigenvalue weighted by atomic mass is 9.79. The van der Waals surface area contributed by atoms with E-state index in [1.807, 2.05) is 6.92 Å². The Labute approximate surface area is 144 Å². The van der Waals surface area contributed by atoms with Crippen LogP contribution in [0, 0.1) is 23.2 Å². The van der Waals surface area contributed by atoms with E-state index in [0.29, 0.717) is 23.8 Å². The largest absolute Gasteiger partial charge is 0.389 e. The van der Waals surface area contributed by atoms with Gasteiger partial charge in [-0.3, -0.25) is 4.79 Å². The highest BCUT2D eigenvalue weighted by Gasteiger charge is 2.59. The fraction of sp³-hybridized carbons (Fsp3) is 0.750. The molecule has 4 heteroatoms. The number of carbonyl (C=O) groups excluding carboxylic acids is 1. The summed E-state index contributed by atoms with van der Waals surface area (Å²) in [6.07, 6.45) is 4.14. The highest BCUT2D eigenvalue weighted by molar-refractivity contribution is 6.13. The second-order valence-corrected chi connectivity index (χ2v) is 9.13. The average molecular weight is 334 g/mol. The maximum Gasteiger partial charge on any atom is 0.187 e. The van der Waals surface area contributed by atoms with E-state index in [1.54, 1.807) is 13.8 Å². The van der Waals surface area contributed by atoms with Crippen LogP contribution in [-0.4, -0.2) is 38.4 Å². The van der Waals surface area contributed by atoms with Gasteiger partial charge in [0.25, 0.3) is 0 Å². The van der Waals surface area contributed by atoms with E-state index in [0.717, 1.165) is 12.8 Å². The normalized spacial score (nSPS) is 50.1. The topological polar surface area (TPSA) is 77.8 Å². The first-order chi connectivity index (χ1) is 10.9. The smallest absolute Gasteiger partial charge is 0.187 e. The zero-order chi connectivity index (χ0) is 18.1. The average Bonchev–Trinajstić information content (AvgIpc) is 2.91. The summed E-state index contributed by atoms with van der Waals surface area (Å²) in [5, 5.41) is 32.8. The molecular weight excluding hydrogens is 304 g/mol. The number of allylic oxidation sites excluding steroid dienone is 1. The molecule has 3 aliphatic carbocycles. The van der Waals surface area contributed by atoms with Crippen LogP contribution in [0.4, 0.5) is 0 Å². The Bertz CT molecular complexity index is 628. The van der Waals surface area contributed by atoms with Crippen LogP contribution in [0.25, 0.3) is 0 Å². The summed E-state index contributed by atoms with van der Waals surface area (Å²) in [6, 6.07) is 0. The van der Waals surface area contributed by atoms with E-state index < -0.39 is 17.3 Å². The molecule has 4 nitrogen and oxygen atoms in total. The van der Waals surface area contributed by atoms with Crippen molar-refractivity contribution in [3.63, 3.8) is 0 Å². The zero-order valence-corrected chi connectivity index (χ0v) is 15.3. The van der Waals surface area contributed by atoms with Crippen molar-refractivity contribution in [3.8, 4) is 0 Å². The summed E-state index contributed by atoms with van der Waals surface area (Å²) in [5.41, 5.74) is -2.13. The molecule has 3 N–H and O–H groups in total. The SMILES string of the molecule is CC1=C[C@@]2(O)/C(=C\[C@@](C)(O)CC[C@H]3[C@@H](C[C@@H](C)[C@@H]2O)C3(C)C)C1=O. The lowest BCUT2D eigenvalue weighted by Gasteiger charge is -2.34. The number of aliphatic hydroxyl groups excluding tert-OH is 1. The number of aliphatic hydroxyl groups is 3. The van der Waals surface area contributed by atoms with Crippen molar-refractivity contribution in [3.05, 3.63) is 23.3 Å². The van der Waals surface area contributed by atoms with Gasteiger partial charge in [0.1, 0.15) is 5.60 Å². The molecule has 1 fully saturated rings. The fourth-order valence-corrected chi connectivity index (χ4v) is 4.99. The Morgan fingerprint density at radius 3 is 2.38 bits per heavy atom. The van der Waals surface area contributed by atoms with Crippen molar-refractivity contribution < 1.29 is 20.1 Å². The van der Waals surface area contributed by atoms with Gasteiger partial charge in [-0.15, -0.1) is 0 Å². The maximum atomic E-state index is 12.5. The second-order valence-electron chi connectivity index (χ2n) is 9.13. The molecule has 3 aliphatic rings. The lowest BCUT2D eigenvalue weighted by molar-refractivity contribution is -0.114. The standard InChI is InChI=1S/C20H30O4/c1-11-8-14-13(18(14,3)4)6-7-19(5,23)10-15-16(21)12(2)9-20(15,24)17(11)22/h9-11,13-14,17,22-24H,6-8H2,1-5H3/b15-10-/t11-,13+,14-,17+,19+,20-/m1/s1. The van der Waals surface area contributed by atoms with Crippen LogP contribution in [0.2, 0.25) is 0 Å². The monoisotopic (exact) mass is 334 g/mol. The van der Waals surface area contributed by atoms with E-state index in [9.17, 15) is 20.1 Å². The second kappa shape index (κ2) is 5.26. The van der Waals surface area contributed by atoms with Gasteiger partial charge < -0.3 is 15.3 Å². The van der Waals surface area contributed by atoms with Crippen molar-refractivity contribution in [2.75, 3.05) is 0 Å². The number of ketones is 1. The quantitative estimate of drug-likeness (QED) is 0.635. The van der Waals surface area contributed by atoms with Crippen LogP contribution in [-0.2, 0) is 4.79 Å². The number of hydrogen-bond donors (Lipinski definition) is 3. The molecule has 0 heterocycles. The van der Waals surface area contributed by atoms with Gasteiger partial charge in [0.15, 0.2) is 5.78 Å². The Balaban J connectivity index is 2.05. The van der Waals surface area contributed by atoms with Crippen LogP contribution in [0.3, 0.4) is 0 Å². The number of carbonyl (C=O) groups is 1. The molecule has 0 saturated heterocycles. The molecule has 0 spiro atoms. The van der Waals surface area contributed by atoms with Gasteiger partial charge in [0.05, 0.1) is 11.7 Å². The third-order valence-corrected chi connectivity index (χ3v) is 6.79. The molecular formula is C20H30O4. The predicted octanol–water partition coefficient (Wildman–Crippen LogP) is 2.38. The molecule has 0 amide bonds. The maximum absolute atomic E-state index is 12.5. The number of fused-ring (bicyclic) bond motifs is 2. The van der Waals surface area contributed by atoms with Crippen LogP contribution in [0.1, 0.15) is 53.9 Å². The third kappa shape index (κ3) is 2.59. The minimum absolute atomic E-state index is 0.124. The molecule has 0 bridgehead atoms. The van der Waals surface area contributed by atoms with Crippen LogP contribution >= 0.6 is 0 Å². The highest BCUT2D eigenvalue weighted by atomic mass is 16.3. The van der Waals surface area contributed by atoms with Gasteiger partial charge in [0, 0.05) is 5.57 Å². The van der Waals surface area contributed by atoms with Gasteiger partial charge in [-0.25, -0.2) is 0 Å². The van der Waals surface area contributed by atoms with E-state index in [4.69, 9.17) is 0 Å². The van der Waals surface area contributed by atoms with Crippen molar-refractivity contribution in [1.29, 1.82) is 0 Å².